The summed E-state index contributed by atoms with van der Waals surface area (Å²) in [5.41, 5.74) is 0.524. The van der Waals surface area contributed by atoms with Crippen LogP contribution in [0.4, 0.5) is 5.82 Å². The second-order valence-electron chi connectivity index (χ2n) is 6.80. The Balaban J connectivity index is 1.61. The maximum atomic E-state index is 12.5. The number of carbonyl (C=O) groups is 1. The number of phenols is 1. The molecule has 6 heteroatoms. The molecule has 0 saturated carbocycles. The van der Waals surface area contributed by atoms with Crippen molar-refractivity contribution in [1.82, 2.24) is 4.98 Å². The van der Waals surface area contributed by atoms with Gasteiger partial charge in [-0.25, -0.2) is 9.78 Å². The first kappa shape index (κ1) is 17.1. The highest BCUT2D eigenvalue weighted by molar-refractivity contribution is 5.87. The van der Waals surface area contributed by atoms with E-state index in [1.807, 2.05) is 43.3 Å². The van der Waals surface area contributed by atoms with Crippen LogP contribution in [0.3, 0.4) is 0 Å². The number of benzene rings is 2. The Morgan fingerprint density at radius 2 is 2.00 bits per heavy atom. The zero-order valence-electron chi connectivity index (χ0n) is 15.1. The monoisotopic (exact) mass is 364 g/mol. The minimum Gasteiger partial charge on any atom is -0.506 e. The van der Waals surface area contributed by atoms with Gasteiger partial charge in [-0.3, -0.25) is 0 Å². The number of anilines is 1. The molecule has 138 valence electrons. The number of hydrogen-bond donors (Lipinski definition) is 2. The molecule has 0 spiro atoms. The van der Waals surface area contributed by atoms with Crippen molar-refractivity contribution in [3.8, 4) is 11.5 Å². The summed E-state index contributed by atoms with van der Waals surface area (Å²) in [7, 11) is 1.60. The summed E-state index contributed by atoms with van der Waals surface area (Å²) in [5, 5.41) is 14.0. The lowest BCUT2D eigenvalue weighted by Gasteiger charge is -2.25. The number of phenolic OH excluding ortho intramolecular Hbond substituents is 1. The number of rotatable bonds is 4. The number of carbonyl (C=O) groups excluding carboxylic acids is 1. The van der Waals surface area contributed by atoms with Crippen LogP contribution in [-0.4, -0.2) is 29.2 Å². The van der Waals surface area contributed by atoms with Crippen LogP contribution in [0.5, 0.6) is 11.5 Å². The fourth-order valence-electron chi connectivity index (χ4n) is 3.55. The summed E-state index contributed by atoms with van der Waals surface area (Å²) in [6.07, 6.45) is 0.437. The maximum Gasteiger partial charge on any atom is 0.329 e. The molecule has 6 nitrogen and oxygen atoms in total. The minimum absolute atomic E-state index is 0.101. The van der Waals surface area contributed by atoms with Gasteiger partial charge in [0.1, 0.15) is 34.5 Å². The van der Waals surface area contributed by atoms with Crippen molar-refractivity contribution in [2.45, 2.75) is 25.0 Å². The number of aromatic hydroxyl groups is 1. The van der Waals surface area contributed by atoms with Crippen LogP contribution in [0.25, 0.3) is 10.9 Å². The van der Waals surface area contributed by atoms with E-state index in [0.717, 1.165) is 10.9 Å². The van der Waals surface area contributed by atoms with Gasteiger partial charge in [0.05, 0.1) is 7.11 Å². The highest BCUT2D eigenvalue weighted by atomic mass is 16.6. The first-order valence-electron chi connectivity index (χ1n) is 8.72. The predicted molar refractivity (Wildman–Crippen MR) is 102 cm³/mol. The number of fused-ring (bicyclic) bond motifs is 1. The molecule has 0 aliphatic carbocycles. The standard InChI is InChI=1S/C21H20N2O4/c1-21(14-7-3-4-9-17(14)26-2)12-15(20(25)27-21)22-18-11-10-13-6-5-8-16(24)19(13)23-18/h3-11,15,24H,12H2,1-2H3,(H,22,23). The normalized spacial score (nSPS) is 21.9. The summed E-state index contributed by atoms with van der Waals surface area (Å²) in [6.45, 7) is 1.88. The molecule has 1 aliphatic heterocycles. The zero-order valence-corrected chi connectivity index (χ0v) is 15.1. The smallest absolute Gasteiger partial charge is 0.329 e. The lowest BCUT2D eigenvalue weighted by atomic mass is 9.90. The minimum atomic E-state index is -0.791. The Hall–Kier alpha value is -3.28. The molecule has 4 rings (SSSR count). The fraction of sp³-hybridized carbons (Fsp3) is 0.238. The summed E-state index contributed by atoms with van der Waals surface area (Å²) < 4.78 is 11.1. The molecule has 2 atom stereocenters. The van der Waals surface area contributed by atoms with Crippen LogP contribution in [0.1, 0.15) is 18.9 Å². The molecule has 1 aliphatic rings. The van der Waals surface area contributed by atoms with Gasteiger partial charge in [-0.1, -0.05) is 30.3 Å². The van der Waals surface area contributed by atoms with E-state index in [4.69, 9.17) is 9.47 Å². The Morgan fingerprint density at radius 1 is 1.19 bits per heavy atom. The topological polar surface area (TPSA) is 80.7 Å². The van der Waals surface area contributed by atoms with Gasteiger partial charge >= 0.3 is 5.97 Å². The molecule has 27 heavy (non-hydrogen) atoms. The van der Waals surface area contributed by atoms with Crippen molar-refractivity contribution in [3.05, 3.63) is 60.2 Å². The highest BCUT2D eigenvalue weighted by Crippen LogP contribution is 2.41. The molecule has 2 heterocycles. The third kappa shape index (κ3) is 3.03. The molecule has 0 bridgehead atoms. The lowest BCUT2D eigenvalue weighted by Crippen LogP contribution is -2.25. The number of hydrogen-bond acceptors (Lipinski definition) is 6. The number of methoxy groups -OCH3 is 1. The van der Waals surface area contributed by atoms with Gasteiger partial charge in [0.2, 0.25) is 0 Å². The molecule has 2 unspecified atom stereocenters. The molecule has 1 fully saturated rings. The summed E-state index contributed by atoms with van der Waals surface area (Å²) >= 11 is 0. The number of pyridine rings is 1. The number of nitrogens with one attached hydrogen (secondary N) is 1. The largest absolute Gasteiger partial charge is 0.506 e. The van der Waals surface area contributed by atoms with Gasteiger partial charge in [0.25, 0.3) is 0 Å². The van der Waals surface area contributed by atoms with E-state index in [2.05, 4.69) is 10.3 Å². The average molecular weight is 364 g/mol. The Labute approximate surface area is 156 Å². The summed E-state index contributed by atoms with van der Waals surface area (Å²) in [4.78, 5) is 16.9. The highest BCUT2D eigenvalue weighted by Gasteiger charge is 2.46. The van der Waals surface area contributed by atoms with Crippen molar-refractivity contribution in [2.75, 3.05) is 12.4 Å². The van der Waals surface area contributed by atoms with Crippen molar-refractivity contribution in [2.24, 2.45) is 0 Å². The lowest BCUT2D eigenvalue weighted by molar-refractivity contribution is -0.148. The zero-order chi connectivity index (χ0) is 19.0. The number of nitrogens with zero attached hydrogens (tertiary/aromatic N) is 1. The summed E-state index contributed by atoms with van der Waals surface area (Å²) in [5.74, 6) is 0.948. The SMILES string of the molecule is COc1ccccc1C1(C)CC(Nc2ccc3cccc(O)c3n2)C(=O)O1. The van der Waals surface area contributed by atoms with E-state index in [9.17, 15) is 9.90 Å². The second-order valence-corrected chi connectivity index (χ2v) is 6.80. The van der Waals surface area contributed by atoms with Gasteiger partial charge in [-0.05, 0) is 31.2 Å². The van der Waals surface area contributed by atoms with Crippen molar-refractivity contribution >= 4 is 22.7 Å². The first-order chi connectivity index (χ1) is 13.0. The van der Waals surface area contributed by atoms with Crippen LogP contribution in [0.15, 0.2) is 54.6 Å². The van der Waals surface area contributed by atoms with Gasteiger partial charge in [0.15, 0.2) is 0 Å². The van der Waals surface area contributed by atoms with E-state index in [1.54, 1.807) is 25.3 Å². The third-order valence-electron chi connectivity index (χ3n) is 4.90. The van der Waals surface area contributed by atoms with Gasteiger partial charge in [0, 0.05) is 17.4 Å². The Kier molecular flexibility index (Phi) is 4.11. The first-order valence-corrected chi connectivity index (χ1v) is 8.72. The van der Waals surface area contributed by atoms with E-state index < -0.39 is 11.6 Å². The van der Waals surface area contributed by atoms with Gasteiger partial charge in [-0.15, -0.1) is 0 Å². The Morgan fingerprint density at radius 3 is 2.81 bits per heavy atom. The molecular weight excluding hydrogens is 344 g/mol. The molecular formula is C21H20N2O4. The number of cyclic esters (lactones) is 1. The number of para-hydroxylation sites is 2. The Bertz CT molecular complexity index is 1020. The van der Waals surface area contributed by atoms with Crippen LogP contribution in [-0.2, 0) is 15.1 Å². The van der Waals surface area contributed by atoms with Crippen LogP contribution in [0.2, 0.25) is 0 Å². The molecule has 2 N–H and O–H groups in total. The molecule has 1 saturated heterocycles. The molecule has 1 aromatic heterocycles. The van der Waals surface area contributed by atoms with E-state index in [1.165, 1.54) is 0 Å². The predicted octanol–water partition coefficient (Wildman–Crippen LogP) is 3.59. The van der Waals surface area contributed by atoms with Crippen molar-refractivity contribution < 1.29 is 19.4 Å². The van der Waals surface area contributed by atoms with E-state index in [0.29, 0.717) is 23.5 Å². The van der Waals surface area contributed by atoms with E-state index >= 15 is 0 Å². The van der Waals surface area contributed by atoms with Crippen molar-refractivity contribution in [3.63, 3.8) is 0 Å². The van der Waals surface area contributed by atoms with E-state index in [-0.39, 0.29) is 11.7 Å². The molecule has 2 aromatic carbocycles. The van der Waals surface area contributed by atoms with Crippen molar-refractivity contribution in [1.29, 1.82) is 0 Å². The van der Waals surface area contributed by atoms with Gasteiger partial charge in [-0.2, -0.15) is 0 Å². The van der Waals surface area contributed by atoms with Crippen LogP contribution in [0, 0.1) is 0 Å². The number of ether oxygens (including phenoxy) is 2. The van der Waals surface area contributed by atoms with Crippen LogP contribution >= 0.6 is 0 Å². The number of esters is 1. The van der Waals surface area contributed by atoms with Crippen LogP contribution < -0.4 is 10.1 Å². The number of aromatic nitrogens is 1. The molecule has 0 radical (unpaired) electrons. The quantitative estimate of drug-likeness (QED) is 0.689. The maximum absolute atomic E-state index is 12.5. The summed E-state index contributed by atoms with van der Waals surface area (Å²) in [6, 6.07) is 15.8. The third-order valence-corrected chi connectivity index (χ3v) is 4.90. The fourth-order valence-corrected chi connectivity index (χ4v) is 3.55. The average Bonchev–Trinajstić information content (AvgIpc) is 2.97. The molecule has 0 amide bonds. The second kappa shape index (κ2) is 6.46. The van der Waals surface area contributed by atoms with Gasteiger partial charge < -0.3 is 19.9 Å². The molecule has 3 aromatic rings.